The molecule has 0 bridgehead atoms. The maximum absolute atomic E-state index is 12.3. The number of ether oxygens (including phenoxy) is 1. The van der Waals surface area contributed by atoms with Crippen LogP contribution >= 0.6 is 39.3 Å². The van der Waals surface area contributed by atoms with E-state index in [1.165, 1.54) is 5.56 Å². The first kappa shape index (κ1) is 19.8. The van der Waals surface area contributed by atoms with Crippen molar-refractivity contribution in [3.05, 3.63) is 87.9 Å². The zero-order valence-electron chi connectivity index (χ0n) is 14.3. The van der Waals surface area contributed by atoms with Gasteiger partial charge in [0, 0.05) is 15.2 Å². The number of hydrogen-bond donors (Lipinski definition) is 1. The maximum Gasteiger partial charge on any atom is 0.234 e. The van der Waals surface area contributed by atoms with E-state index in [0.29, 0.717) is 28.0 Å². The number of hydrogen-bond acceptors (Lipinski definition) is 3. The summed E-state index contributed by atoms with van der Waals surface area (Å²) in [7, 11) is 0. The van der Waals surface area contributed by atoms with E-state index in [9.17, 15) is 4.79 Å². The second kappa shape index (κ2) is 9.83. The number of carbonyl (C=O) groups is 1. The Hall–Kier alpha value is -1.95. The molecule has 0 atom stereocenters. The van der Waals surface area contributed by atoms with E-state index in [0.717, 1.165) is 10.2 Å². The molecule has 27 heavy (non-hydrogen) atoms. The van der Waals surface area contributed by atoms with Crippen LogP contribution in [-0.4, -0.2) is 11.7 Å². The van der Waals surface area contributed by atoms with Gasteiger partial charge in [-0.1, -0.05) is 57.9 Å². The number of nitrogens with one attached hydrogen (secondary N) is 1. The van der Waals surface area contributed by atoms with Gasteiger partial charge in [-0.05, 0) is 48.0 Å². The average Bonchev–Trinajstić information content (AvgIpc) is 2.66. The molecule has 0 aliphatic carbocycles. The Morgan fingerprint density at radius 3 is 2.52 bits per heavy atom. The van der Waals surface area contributed by atoms with Gasteiger partial charge < -0.3 is 10.1 Å². The van der Waals surface area contributed by atoms with Crippen LogP contribution in [0.2, 0.25) is 5.02 Å². The molecule has 0 fully saturated rings. The minimum absolute atomic E-state index is 0.0997. The van der Waals surface area contributed by atoms with Crippen LogP contribution in [0.4, 0.5) is 5.69 Å². The van der Waals surface area contributed by atoms with Crippen molar-refractivity contribution in [3.8, 4) is 11.5 Å². The molecule has 6 heteroatoms. The molecule has 0 spiro atoms. The maximum atomic E-state index is 12.3. The monoisotopic (exact) mass is 461 g/mol. The Morgan fingerprint density at radius 2 is 1.78 bits per heavy atom. The Balaban J connectivity index is 1.59. The Bertz CT molecular complexity index is 904. The summed E-state index contributed by atoms with van der Waals surface area (Å²) in [6.07, 6.45) is 0. The lowest BCUT2D eigenvalue weighted by Gasteiger charge is -2.13. The second-order valence-electron chi connectivity index (χ2n) is 5.72. The summed E-state index contributed by atoms with van der Waals surface area (Å²) in [6.45, 7) is 0. The van der Waals surface area contributed by atoms with Crippen molar-refractivity contribution in [1.82, 2.24) is 0 Å². The lowest BCUT2D eigenvalue weighted by Crippen LogP contribution is -2.14. The first-order valence-corrected chi connectivity index (χ1v) is 10.6. The van der Waals surface area contributed by atoms with Crippen molar-refractivity contribution in [2.75, 3.05) is 11.1 Å². The summed E-state index contributed by atoms with van der Waals surface area (Å²) in [6, 6.07) is 22.7. The van der Waals surface area contributed by atoms with Gasteiger partial charge in [-0.15, -0.1) is 11.8 Å². The predicted octanol–water partition coefficient (Wildman–Crippen LogP) is 6.77. The Labute approximate surface area is 176 Å². The van der Waals surface area contributed by atoms with Crippen LogP contribution in [0.15, 0.2) is 77.3 Å². The third-order valence-corrected chi connectivity index (χ3v) is 5.37. The van der Waals surface area contributed by atoms with Gasteiger partial charge >= 0.3 is 0 Å². The van der Waals surface area contributed by atoms with Gasteiger partial charge in [-0.25, -0.2) is 0 Å². The van der Waals surface area contributed by atoms with Gasteiger partial charge in [0.25, 0.3) is 0 Å². The first-order valence-electron chi connectivity index (χ1n) is 8.24. The molecule has 138 valence electrons. The van der Waals surface area contributed by atoms with E-state index in [4.69, 9.17) is 16.3 Å². The number of thioether (sulfide) groups is 1. The van der Waals surface area contributed by atoms with Crippen LogP contribution in [0.1, 0.15) is 5.56 Å². The van der Waals surface area contributed by atoms with E-state index >= 15 is 0 Å². The minimum Gasteiger partial charge on any atom is -0.455 e. The predicted molar refractivity (Wildman–Crippen MR) is 117 cm³/mol. The quantitative estimate of drug-likeness (QED) is 0.421. The van der Waals surface area contributed by atoms with Crippen LogP contribution in [0.3, 0.4) is 0 Å². The third kappa shape index (κ3) is 6.31. The van der Waals surface area contributed by atoms with Crippen LogP contribution in [0.5, 0.6) is 11.5 Å². The SMILES string of the molecule is O=C(CSCc1ccc(Br)cc1)Nc1cc(Cl)ccc1Oc1ccccc1. The van der Waals surface area contributed by atoms with Crippen molar-refractivity contribution in [1.29, 1.82) is 0 Å². The summed E-state index contributed by atoms with van der Waals surface area (Å²) in [5, 5.41) is 3.43. The lowest BCUT2D eigenvalue weighted by atomic mass is 10.2. The van der Waals surface area contributed by atoms with Gasteiger partial charge in [0.15, 0.2) is 5.75 Å². The van der Waals surface area contributed by atoms with Crippen LogP contribution in [0, 0.1) is 0 Å². The Kier molecular flexibility index (Phi) is 7.21. The van der Waals surface area contributed by atoms with Gasteiger partial charge in [-0.2, -0.15) is 0 Å². The molecule has 1 N–H and O–H groups in total. The smallest absolute Gasteiger partial charge is 0.234 e. The molecule has 0 aromatic heterocycles. The minimum atomic E-state index is -0.0997. The molecule has 3 aromatic rings. The summed E-state index contributed by atoms with van der Waals surface area (Å²) >= 11 is 11.1. The van der Waals surface area contributed by atoms with Crippen molar-refractivity contribution < 1.29 is 9.53 Å². The fourth-order valence-electron chi connectivity index (χ4n) is 2.33. The molecule has 3 aromatic carbocycles. The lowest BCUT2D eigenvalue weighted by molar-refractivity contribution is -0.113. The molecule has 3 rings (SSSR count). The zero-order valence-corrected chi connectivity index (χ0v) is 17.5. The summed E-state index contributed by atoms with van der Waals surface area (Å²) in [4.78, 5) is 12.3. The molecular weight excluding hydrogens is 446 g/mol. The van der Waals surface area contributed by atoms with Crippen molar-refractivity contribution in [2.24, 2.45) is 0 Å². The van der Waals surface area contributed by atoms with Crippen molar-refractivity contribution >= 4 is 50.9 Å². The zero-order chi connectivity index (χ0) is 19.1. The van der Waals surface area contributed by atoms with Gasteiger partial charge in [-0.3, -0.25) is 4.79 Å². The summed E-state index contributed by atoms with van der Waals surface area (Å²) in [5.74, 6) is 2.26. The normalized spacial score (nSPS) is 10.4. The molecule has 0 radical (unpaired) electrons. The average molecular weight is 463 g/mol. The highest BCUT2D eigenvalue weighted by Gasteiger charge is 2.10. The third-order valence-electron chi connectivity index (χ3n) is 3.60. The van der Waals surface area contributed by atoms with Crippen LogP contribution in [-0.2, 0) is 10.5 Å². The number of benzene rings is 3. The molecule has 0 aliphatic rings. The highest BCUT2D eigenvalue weighted by molar-refractivity contribution is 9.10. The fraction of sp³-hybridized carbons (Fsp3) is 0.0952. The van der Waals surface area contributed by atoms with E-state index in [-0.39, 0.29) is 5.91 Å². The molecule has 0 saturated carbocycles. The van der Waals surface area contributed by atoms with Gasteiger partial charge in [0.1, 0.15) is 5.75 Å². The topological polar surface area (TPSA) is 38.3 Å². The summed E-state index contributed by atoms with van der Waals surface area (Å²) < 4.78 is 6.91. The summed E-state index contributed by atoms with van der Waals surface area (Å²) in [5.41, 5.74) is 1.73. The van der Waals surface area contributed by atoms with Crippen molar-refractivity contribution in [3.63, 3.8) is 0 Å². The number of amides is 1. The van der Waals surface area contributed by atoms with Gasteiger partial charge in [0.2, 0.25) is 5.91 Å². The van der Waals surface area contributed by atoms with Gasteiger partial charge in [0.05, 0.1) is 11.4 Å². The van der Waals surface area contributed by atoms with Crippen LogP contribution in [0.25, 0.3) is 0 Å². The Morgan fingerprint density at radius 1 is 1.04 bits per heavy atom. The van der Waals surface area contributed by atoms with E-state index in [1.807, 2.05) is 54.6 Å². The number of para-hydroxylation sites is 1. The largest absolute Gasteiger partial charge is 0.455 e. The van der Waals surface area contributed by atoms with E-state index < -0.39 is 0 Å². The second-order valence-corrected chi connectivity index (χ2v) is 8.06. The van der Waals surface area contributed by atoms with Crippen LogP contribution < -0.4 is 10.1 Å². The van der Waals surface area contributed by atoms with E-state index in [2.05, 4.69) is 21.2 Å². The number of rotatable bonds is 7. The molecule has 0 saturated heterocycles. The van der Waals surface area contributed by atoms with E-state index in [1.54, 1.807) is 30.0 Å². The fourth-order valence-corrected chi connectivity index (χ4v) is 3.56. The van der Waals surface area contributed by atoms with Crippen molar-refractivity contribution in [2.45, 2.75) is 5.75 Å². The first-order chi connectivity index (χ1) is 13.1. The standard InChI is InChI=1S/C21H17BrClNO2S/c22-16-8-6-15(7-9-16)13-27-14-21(25)24-19-12-17(23)10-11-20(19)26-18-4-2-1-3-5-18/h1-12H,13-14H2,(H,24,25). The number of carbonyl (C=O) groups excluding carboxylic acids is 1. The highest BCUT2D eigenvalue weighted by atomic mass is 79.9. The number of anilines is 1. The molecule has 3 nitrogen and oxygen atoms in total. The molecule has 0 heterocycles. The molecular formula is C21H17BrClNO2S. The highest BCUT2D eigenvalue weighted by Crippen LogP contribution is 2.32. The molecule has 1 amide bonds. The number of halogens is 2. The molecule has 0 aliphatic heterocycles. The molecule has 0 unspecified atom stereocenters.